The fraction of sp³-hybridized carbons (Fsp3) is 0.250. The van der Waals surface area contributed by atoms with Crippen molar-refractivity contribution in [1.82, 2.24) is 15.3 Å². The van der Waals surface area contributed by atoms with Crippen LogP contribution in [0, 0.1) is 0 Å². The maximum Gasteiger partial charge on any atom is 0.323 e. The molecule has 0 bridgehead atoms. The van der Waals surface area contributed by atoms with E-state index >= 15 is 0 Å². The van der Waals surface area contributed by atoms with Gasteiger partial charge in [-0.05, 0) is 24.6 Å². The molecule has 1 aliphatic rings. The molecule has 0 aliphatic carbocycles. The van der Waals surface area contributed by atoms with Crippen molar-refractivity contribution in [3.8, 4) is 0 Å². The Bertz CT molecular complexity index is 986. The molecule has 0 radical (unpaired) electrons. The van der Waals surface area contributed by atoms with Gasteiger partial charge in [0.15, 0.2) is 10.3 Å². The van der Waals surface area contributed by atoms with E-state index in [1.54, 1.807) is 22.4 Å². The summed E-state index contributed by atoms with van der Waals surface area (Å²) in [5.41, 5.74) is 1.38. The average molecular weight is 408 g/mol. The van der Waals surface area contributed by atoms with Crippen molar-refractivity contribution in [2.45, 2.75) is 12.8 Å². The molecule has 1 saturated heterocycles. The van der Waals surface area contributed by atoms with E-state index in [9.17, 15) is 9.59 Å². The molecule has 134 valence electrons. The quantitative estimate of drug-likeness (QED) is 0.692. The second-order valence-corrected chi connectivity index (χ2v) is 8.02. The number of nitrogens with one attached hydrogen (secondary N) is 2. The van der Waals surface area contributed by atoms with Crippen LogP contribution in [0.5, 0.6) is 0 Å². The third-order valence-electron chi connectivity index (χ3n) is 3.79. The van der Waals surface area contributed by atoms with Crippen molar-refractivity contribution in [1.29, 1.82) is 0 Å². The molecule has 0 atom stereocenters. The molecule has 3 aromatic rings. The molecule has 26 heavy (non-hydrogen) atoms. The van der Waals surface area contributed by atoms with Crippen LogP contribution in [-0.4, -0.2) is 35.0 Å². The lowest BCUT2D eigenvalue weighted by Gasteiger charge is -2.24. The first kappa shape index (κ1) is 17.2. The summed E-state index contributed by atoms with van der Waals surface area (Å²) in [5, 5.41) is 9.13. The minimum absolute atomic E-state index is 0.128. The number of halogens is 1. The summed E-state index contributed by atoms with van der Waals surface area (Å²) in [7, 11) is 0. The fourth-order valence-electron chi connectivity index (χ4n) is 2.60. The normalized spacial score (nSPS) is 14.5. The van der Waals surface area contributed by atoms with Crippen LogP contribution < -0.4 is 15.5 Å². The summed E-state index contributed by atoms with van der Waals surface area (Å²) in [6.07, 6.45) is 1.01. The van der Waals surface area contributed by atoms with Gasteiger partial charge in [-0.15, -0.1) is 11.3 Å². The first-order chi connectivity index (χ1) is 12.6. The number of anilines is 2. The Morgan fingerprint density at radius 2 is 2.27 bits per heavy atom. The van der Waals surface area contributed by atoms with Crippen molar-refractivity contribution in [2.24, 2.45) is 0 Å². The van der Waals surface area contributed by atoms with E-state index < -0.39 is 0 Å². The Hall–Kier alpha value is -2.23. The molecule has 0 unspecified atom stereocenters. The number of benzene rings is 1. The van der Waals surface area contributed by atoms with Crippen LogP contribution in [0.15, 0.2) is 23.6 Å². The summed E-state index contributed by atoms with van der Waals surface area (Å²) >= 11 is 8.71. The van der Waals surface area contributed by atoms with E-state index in [-0.39, 0.29) is 18.4 Å². The number of hydrogen-bond donors (Lipinski definition) is 2. The van der Waals surface area contributed by atoms with Gasteiger partial charge in [0.05, 0.1) is 22.3 Å². The van der Waals surface area contributed by atoms with Gasteiger partial charge >= 0.3 is 6.03 Å². The Kier molecular flexibility index (Phi) is 4.75. The predicted molar refractivity (Wildman–Crippen MR) is 104 cm³/mol. The number of hydrogen-bond acceptors (Lipinski definition) is 6. The van der Waals surface area contributed by atoms with Gasteiger partial charge in [-0.2, -0.15) is 0 Å². The summed E-state index contributed by atoms with van der Waals surface area (Å²) < 4.78 is 0.955. The number of urea groups is 1. The fourth-order valence-corrected chi connectivity index (χ4v) is 4.47. The topological polar surface area (TPSA) is 87.2 Å². The molecule has 2 N–H and O–H groups in total. The van der Waals surface area contributed by atoms with Crippen molar-refractivity contribution < 1.29 is 9.59 Å². The molecule has 0 spiro atoms. The monoisotopic (exact) mass is 407 g/mol. The van der Waals surface area contributed by atoms with Crippen LogP contribution in [0.3, 0.4) is 0 Å². The van der Waals surface area contributed by atoms with Crippen LogP contribution >= 0.6 is 34.3 Å². The maximum absolute atomic E-state index is 12.3. The molecule has 3 amide bonds. The van der Waals surface area contributed by atoms with Crippen LogP contribution in [0.4, 0.5) is 15.1 Å². The minimum atomic E-state index is -0.199. The number of thiazole rings is 2. The zero-order valence-corrected chi connectivity index (χ0v) is 15.9. The lowest BCUT2D eigenvalue weighted by Crippen LogP contribution is -2.46. The van der Waals surface area contributed by atoms with E-state index in [4.69, 9.17) is 11.6 Å². The summed E-state index contributed by atoms with van der Waals surface area (Å²) in [4.78, 5) is 34.5. The van der Waals surface area contributed by atoms with Gasteiger partial charge < -0.3 is 10.6 Å². The van der Waals surface area contributed by atoms with Crippen LogP contribution in [-0.2, 0) is 11.2 Å². The first-order valence-corrected chi connectivity index (χ1v) is 10.0. The molecule has 1 aromatic carbocycles. The third kappa shape index (κ3) is 3.64. The van der Waals surface area contributed by atoms with Gasteiger partial charge in [-0.25, -0.2) is 14.8 Å². The molecule has 10 heteroatoms. The second kappa shape index (κ2) is 7.18. The lowest BCUT2D eigenvalue weighted by atomic mass is 10.3. The SMILES string of the molecule is O=C(Cc1csc(N2CCCNC2=O)n1)Nc1nc2cc(Cl)ccc2s1. The van der Waals surface area contributed by atoms with E-state index in [1.165, 1.54) is 22.7 Å². The zero-order valence-electron chi connectivity index (χ0n) is 13.5. The number of carbonyl (C=O) groups excluding carboxylic acids is 2. The van der Waals surface area contributed by atoms with Crippen molar-refractivity contribution >= 4 is 66.7 Å². The summed E-state index contributed by atoms with van der Waals surface area (Å²) in [6, 6.07) is 5.29. The van der Waals surface area contributed by atoms with Crippen LogP contribution in [0.25, 0.3) is 10.2 Å². The standard InChI is InChI=1S/C16H14ClN5O2S2/c17-9-2-3-12-11(6-9)20-14(26-12)21-13(23)7-10-8-25-16(19-10)22-5-1-4-18-15(22)24/h2-3,6,8H,1,4-5,7H2,(H,18,24)(H,20,21,23). The predicted octanol–water partition coefficient (Wildman–Crippen LogP) is 3.51. The Labute approximate surface area is 162 Å². The van der Waals surface area contributed by atoms with E-state index in [0.717, 1.165) is 16.6 Å². The summed E-state index contributed by atoms with van der Waals surface area (Å²) in [5.74, 6) is -0.199. The number of aromatic nitrogens is 2. The molecule has 1 fully saturated rings. The lowest BCUT2D eigenvalue weighted by molar-refractivity contribution is -0.115. The molecular weight excluding hydrogens is 394 g/mol. The van der Waals surface area contributed by atoms with Crippen molar-refractivity contribution in [3.05, 3.63) is 34.3 Å². The first-order valence-electron chi connectivity index (χ1n) is 7.94. The Morgan fingerprint density at radius 3 is 3.12 bits per heavy atom. The Morgan fingerprint density at radius 1 is 1.38 bits per heavy atom. The number of rotatable bonds is 4. The van der Waals surface area contributed by atoms with E-state index in [0.29, 0.717) is 34.1 Å². The molecule has 4 rings (SSSR count). The molecule has 1 aliphatic heterocycles. The van der Waals surface area contributed by atoms with Gasteiger partial charge in [0.2, 0.25) is 5.91 Å². The van der Waals surface area contributed by atoms with Crippen LogP contribution in [0.2, 0.25) is 5.02 Å². The molecule has 7 nitrogen and oxygen atoms in total. The van der Waals surface area contributed by atoms with Gasteiger partial charge in [0.25, 0.3) is 0 Å². The third-order valence-corrected chi connectivity index (χ3v) is 5.89. The highest BCUT2D eigenvalue weighted by atomic mass is 35.5. The van der Waals surface area contributed by atoms with Gasteiger partial charge in [0, 0.05) is 23.5 Å². The summed E-state index contributed by atoms with van der Waals surface area (Å²) in [6.45, 7) is 1.32. The van der Waals surface area contributed by atoms with Crippen molar-refractivity contribution in [3.63, 3.8) is 0 Å². The highest BCUT2D eigenvalue weighted by molar-refractivity contribution is 7.22. The van der Waals surface area contributed by atoms with Gasteiger partial charge in [0.1, 0.15) is 0 Å². The van der Waals surface area contributed by atoms with Gasteiger partial charge in [-0.3, -0.25) is 9.69 Å². The molecule has 3 heterocycles. The second-order valence-electron chi connectivity index (χ2n) is 5.71. The van der Waals surface area contributed by atoms with E-state index in [1.807, 2.05) is 6.07 Å². The van der Waals surface area contributed by atoms with Gasteiger partial charge in [-0.1, -0.05) is 22.9 Å². The maximum atomic E-state index is 12.3. The minimum Gasteiger partial charge on any atom is -0.338 e. The largest absolute Gasteiger partial charge is 0.338 e. The molecular formula is C16H14ClN5O2S2. The number of nitrogens with zero attached hydrogens (tertiary/aromatic N) is 3. The highest BCUT2D eigenvalue weighted by Gasteiger charge is 2.22. The highest BCUT2D eigenvalue weighted by Crippen LogP contribution is 2.28. The zero-order chi connectivity index (χ0) is 18.1. The number of carbonyl (C=O) groups is 2. The molecule has 0 saturated carbocycles. The van der Waals surface area contributed by atoms with E-state index in [2.05, 4.69) is 20.6 Å². The average Bonchev–Trinajstić information content (AvgIpc) is 3.21. The smallest absolute Gasteiger partial charge is 0.323 e. The molecule has 2 aromatic heterocycles. The number of fused-ring (bicyclic) bond motifs is 1. The van der Waals surface area contributed by atoms with Crippen LogP contribution in [0.1, 0.15) is 12.1 Å². The van der Waals surface area contributed by atoms with Crippen molar-refractivity contribution in [2.75, 3.05) is 23.3 Å². The Balaban J connectivity index is 1.42. The number of amides is 3.